The van der Waals surface area contributed by atoms with Gasteiger partial charge in [0.05, 0.1) is 17.1 Å². The predicted molar refractivity (Wildman–Crippen MR) is 60.8 cm³/mol. The number of sulfonamides is 1. The molecular formula is C9H8ClF3N2O3S. The van der Waals surface area contributed by atoms with E-state index in [0.29, 0.717) is 12.1 Å². The lowest BCUT2D eigenvalue weighted by atomic mass is 10.2. The maximum atomic E-state index is 12.5. The zero-order chi connectivity index (χ0) is 14.8. The average molecular weight is 317 g/mol. The minimum Gasteiger partial charge on any atom is -0.369 e. The summed E-state index contributed by atoms with van der Waals surface area (Å²) in [7, 11) is -4.35. The number of benzene rings is 1. The van der Waals surface area contributed by atoms with Crippen molar-refractivity contribution in [3.63, 3.8) is 0 Å². The molecule has 0 unspecified atom stereocenters. The number of carbonyl (C=O) groups excluding carboxylic acids is 1. The summed E-state index contributed by atoms with van der Waals surface area (Å²) in [5, 5.41) is -0.398. The Morgan fingerprint density at radius 2 is 1.95 bits per heavy atom. The summed E-state index contributed by atoms with van der Waals surface area (Å²) >= 11 is 5.54. The molecule has 0 spiro atoms. The Hall–Kier alpha value is -1.32. The quantitative estimate of drug-likeness (QED) is 0.872. The van der Waals surface area contributed by atoms with Crippen LogP contribution in [0.5, 0.6) is 0 Å². The van der Waals surface area contributed by atoms with Gasteiger partial charge in [-0.15, -0.1) is 0 Å². The lowest BCUT2D eigenvalue weighted by molar-refractivity contribution is -0.137. The highest BCUT2D eigenvalue weighted by atomic mass is 35.5. The zero-order valence-corrected chi connectivity index (χ0v) is 10.7. The van der Waals surface area contributed by atoms with Gasteiger partial charge in [-0.2, -0.15) is 13.2 Å². The highest BCUT2D eigenvalue weighted by Crippen LogP contribution is 2.33. The summed E-state index contributed by atoms with van der Waals surface area (Å²) in [6, 6.07) is 1.84. The first kappa shape index (κ1) is 15.7. The second kappa shape index (κ2) is 5.35. The van der Waals surface area contributed by atoms with E-state index >= 15 is 0 Å². The van der Waals surface area contributed by atoms with Gasteiger partial charge in [0.15, 0.2) is 0 Å². The molecule has 0 bridgehead atoms. The molecule has 1 amide bonds. The maximum Gasteiger partial charge on any atom is 0.416 e. The van der Waals surface area contributed by atoms with Crippen molar-refractivity contribution in [2.45, 2.75) is 11.1 Å². The maximum absolute atomic E-state index is 12.5. The molecule has 1 aromatic rings. The van der Waals surface area contributed by atoms with Crippen molar-refractivity contribution in [3.8, 4) is 0 Å². The molecule has 0 radical (unpaired) electrons. The van der Waals surface area contributed by atoms with Crippen molar-refractivity contribution in [2.75, 3.05) is 6.54 Å². The Labute approximate surface area is 111 Å². The number of amides is 1. The number of nitrogens with two attached hydrogens (primary N) is 1. The fraction of sp³-hybridized carbons (Fsp3) is 0.222. The minimum absolute atomic E-state index is 0.381. The fourth-order valence-electron chi connectivity index (χ4n) is 1.13. The van der Waals surface area contributed by atoms with Gasteiger partial charge < -0.3 is 5.73 Å². The SMILES string of the molecule is NC(=O)CNS(=O)(=O)c1cc(C(F)(F)F)ccc1Cl. The van der Waals surface area contributed by atoms with Crippen molar-refractivity contribution < 1.29 is 26.4 Å². The Balaban J connectivity index is 3.22. The van der Waals surface area contributed by atoms with Crippen molar-refractivity contribution >= 4 is 27.5 Å². The number of nitrogens with one attached hydrogen (secondary N) is 1. The van der Waals surface area contributed by atoms with Gasteiger partial charge in [0.25, 0.3) is 0 Å². The largest absolute Gasteiger partial charge is 0.416 e. The van der Waals surface area contributed by atoms with Crippen LogP contribution in [0.15, 0.2) is 23.1 Å². The summed E-state index contributed by atoms with van der Waals surface area (Å²) < 4.78 is 62.5. The molecule has 3 N–H and O–H groups in total. The van der Waals surface area contributed by atoms with E-state index < -0.39 is 44.1 Å². The van der Waals surface area contributed by atoms with Crippen LogP contribution >= 0.6 is 11.6 Å². The lowest BCUT2D eigenvalue weighted by Crippen LogP contribution is -2.33. The lowest BCUT2D eigenvalue weighted by Gasteiger charge is -2.11. The van der Waals surface area contributed by atoms with Gasteiger partial charge in [-0.3, -0.25) is 4.79 Å². The molecule has 0 aliphatic carbocycles. The third-order valence-electron chi connectivity index (χ3n) is 1.98. The molecule has 0 atom stereocenters. The van der Waals surface area contributed by atoms with Crippen LogP contribution in [-0.2, 0) is 21.0 Å². The third-order valence-corrected chi connectivity index (χ3v) is 3.87. The van der Waals surface area contributed by atoms with Crippen LogP contribution in [0.3, 0.4) is 0 Å². The number of hydrogen-bond acceptors (Lipinski definition) is 3. The van der Waals surface area contributed by atoms with Gasteiger partial charge >= 0.3 is 6.18 Å². The van der Waals surface area contributed by atoms with Crippen LogP contribution in [0, 0.1) is 0 Å². The Morgan fingerprint density at radius 1 is 1.37 bits per heavy atom. The predicted octanol–water partition coefficient (Wildman–Crippen LogP) is 1.12. The number of carbonyl (C=O) groups is 1. The molecule has 1 aromatic carbocycles. The number of rotatable bonds is 4. The molecule has 0 saturated carbocycles. The van der Waals surface area contributed by atoms with Crippen LogP contribution in [0.1, 0.15) is 5.56 Å². The van der Waals surface area contributed by atoms with Gasteiger partial charge in [0, 0.05) is 0 Å². The van der Waals surface area contributed by atoms with Gasteiger partial charge in [0.2, 0.25) is 15.9 Å². The molecule has 0 aliphatic rings. The highest BCUT2D eigenvalue weighted by molar-refractivity contribution is 7.89. The topological polar surface area (TPSA) is 89.3 Å². The third kappa shape index (κ3) is 4.08. The Morgan fingerprint density at radius 3 is 2.42 bits per heavy atom. The van der Waals surface area contributed by atoms with Crippen molar-refractivity contribution in [2.24, 2.45) is 5.73 Å². The molecule has 19 heavy (non-hydrogen) atoms. The molecule has 10 heteroatoms. The molecular weight excluding hydrogens is 309 g/mol. The number of alkyl halides is 3. The summed E-state index contributed by atoms with van der Waals surface area (Å²) in [6.45, 7) is -0.741. The smallest absolute Gasteiger partial charge is 0.369 e. The van der Waals surface area contributed by atoms with Gasteiger partial charge in [0.1, 0.15) is 4.90 Å². The van der Waals surface area contributed by atoms with E-state index in [1.807, 2.05) is 0 Å². The van der Waals surface area contributed by atoms with E-state index in [1.165, 1.54) is 0 Å². The first-order chi connectivity index (χ1) is 8.54. The van der Waals surface area contributed by atoms with Crippen LogP contribution in [-0.4, -0.2) is 20.9 Å². The zero-order valence-electron chi connectivity index (χ0n) is 9.16. The molecule has 106 valence electrons. The molecule has 0 saturated heterocycles. The van der Waals surface area contributed by atoms with E-state index in [9.17, 15) is 26.4 Å². The molecule has 0 aliphatic heterocycles. The fourth-order valence-corrected chi connectivity index (χ4v) is 2.65. The first-order valence-electron chi connectivity index (χ1n) is 4.69. The summed E-state index contributed by atoms with van der Waals surface area (Å²) in [5.74, 6) is -0.980. The molecule has 0 aromatic heterocycles. The number of hydrogen-bond donors (Lipinski definition) is 2. The van der Waals surface area contributed by atoms with Gasteiger partial charge in [-0.1, -0.05) is 11.6 Å². The van der Waals surface area contributed by atoms with Crippen molar-refractivity contribution in [3.05, 3.63) is 28.8 Å². The monoisotopic (exact) mass is 316 g/mol. The van der Waals surface area contributed by atoms with E-state index in [4.69, 9.17) is 17.3 Å². The molecule has 0 fully saturated rings. The minimum atomic E-state index is -4.71. The highest BCUT2D eigenvalue weighted by Gasteiger charge is 2.32. The standard InChI is InChI=1S/C9H8ClF3N2O3S/c10-6-2-1-5(9(11,12)13)3-7(6)19(17,18)15-4-8(14)16/h1-3,15H,4H2,(H2,14,16). The summed E-state index contributed by atoms with van der Waals surface area (Å²) in [6.07, 6.45) is -4.71. The summed E-state index contributed by atoms with van der Waals surface area (Å²) in [5.41, 5.74) is 3.57. The Kier molecular flexibility index (Phi) is 4.43. The Bertz CT molecular complexity index is 601. The van der Waals surface area contributed by atoms with Crippen LogP contribution in [0.4, 0.5) is 13.2 Å². The second-order valence-corrected chi connectivity index (χ2v) is 5.58. The van der Waals surface area contributed by atoms with E-state index in [0.717, 1.165) is 6.07 Å². The van der Waals surface area contributed by atoms with Crippen LogP contribution < -0.4 is 10.5 Å². The molecule has 5 nitrogen and oxygen atoms in total. The average Bonchev–Trinajstić information content (AvgIpc) is 2.25. The van der Waals surface area contributed by atoms with Gasteiger partial charge in [-0.05, 0) is 18.2 Å². The first-order valence-corrected chi connectivity index (χ1v) is 6.55. The van der Waals surface area contributed by atoms with Crippen LogP contribution in [0.25, 0.3) is 0 Å². The number of primary amides is 1. The molecule has 1 rings (SSSR count). The number of halogens is 4. The van der Waals surface area contributed by atoms with Gasteiger partial charge in [-0.25, -0.2) is 13.1 Å². The van der Waals surface area contributed by atoms with E-state index in [1.54, 1.807) is 4.72 Å². The van der Waals surface area contributed by atoms with Crippen molar-refractivity contribution in [1.82, 2.24) is 4.72 Å². The molecule has 0 heterocycles. The second-order valence-electron chi connectivity index (χ2n) is 3.43. The van der Waals surface area contributed by atoms with Crippen LogP contribution in [0.2, 0.25) is 5.02 Å². The summed E-state index contributed by atoms with van der Waals surface area (Å²) in [4.78, 5) is 9.70. The van der Waals surface area contributed by atoms with E-state index in [2.05, 4.69) is 0 Å². The normalized spacial score (nSPS) is 12.4. The van der Waals surface area contributed by atoms with Crippen molar-refractivity contribution in [1.29, 1.82) is 0 Å². The van der Waals surface area contributed by atoms with E-state index in [-0.39, 0.29) is 0 Å².